The minimum Gasteiger partial charge on any atom is -0.320 e. The van der Waals surface area contributed by atoms with Gasteiger partial charge in [-0.15, -0.1) is 0 Å². The van der Waals surface area contributed by atoms with E-state index in [1.807, 2.05) is 12.1 Å². The Labute approximate surface area is 126 Å². The van der Waals surface area contributed by atoms with Gasteiger partial charge in [-0.25, -0.2) is 4.39 Å². The molecule has 0 spiro atoms. The van der Waals surface area contributed by atoms with E-state index in [0.717, 1.165) is 38.3 Å². The second-order valence-electron chi connectivity index (χ2n) is 5.73. The fourth-order valence-electron chi connectivity index (χ4n) is 2.61. The molecule has 1 aliphatic heterocycles. The van der Waals surface area contributed by atoms with E-state index in [2.05, 4.69) is 35.5 Å². The molecule has 4 heteroatoms. The van der Waals surface area contributed by atoms with Gasteiger partial charge < -0.3 is 5.73 Å². The number of nitrogens with two attached hydrogens (primary N) is 1. The zero-order valence-corrected chi connectivity index (χ0v) is 12.9. The molecule has 114 valence electrons. The maximum atomic E-state index is 13.6. The highest BCUT2D eigenvalue weighted by Gasteiger charge is 2.18. The number of hydrogen-bond acceptors (Lipinski definition) is 3. The van der Waals surface area contributed by atoms with Gasteiger partial charge in [-0.1, -0.05) is 17.9 Å². The second-order valence-corrected chi connectivity index (χ2v) is 5.73. The van der Waals surface area contributed by atoms with Crippen LogP contribution in [-0.2, 0) is 6.54 Å². The van der Waals surface area contributed by atoms with Crippen LogP contribution in [0.15, 0.2) is 18.2 Å². The smallest absolute Gasteiger partial charge is 0.138 e. The Hall–Kier alpha value is -1.41. The topological polar surface area (TPSA) is 32.5 Å². The van der Waals surface area contributed by atoms with Crippen LogP contribution in [0.1, 0.15) is 25.0 Å². The highest BCUT2D eigenvalue weighted by molar-refractivity contribution is 5.38. The predicted octanol–water partition coefficient (Wildman–Crippen LogP) is 1.66. The molecule has 0 unspecified atom stereocenters. The fourth-order valence-corrected chi connectivity index (χ4v) is 2.61. The maximum absolute atomic E-state index is 13.6. The van der Waals surface area contributed by atoms with Gasteiger partial charge in [0.1, 0.15) is 5.82 Å². The molecule has 1 aromatic carbocycles. The molecule has 0 saturated carbocycles. The van der Waals surface area contributed by atoms with Crippen molar-refractivity contribution in [2.45, 2.75) is 26.4 Å². The van der Waals surface area contributed by atoms with Crippen LogP contribution in [-0.4, -0.2) is 48.6 Å². The van der Waals surface area contributed by atoms with Gasteiger partial charge in [0.05, 0.1) is 12.1 Å². The van der Waals surface area contributed by atoms with Crippen LogP contribution < -0.4 is 5.73 Å². The maximum Gasteiger partial charge on any atom is 0.138 e. The molecule has 0 atom stereocenters. The van der Waals surface area contributed by atoms with Crippen LogP contribution in [0.25, 0.3) is 0 Å². The molecule has 0 bridgehead atoms. The first-order chi connectivity index (χ1) is 10.1. The number of hydrogen-bond donors (Lipinski definition) is 1. The highest BCUT2D eigenvalue weighted by Crippen LogP contribution is 2.14. The van der Waals surface area contributed by atoms with Crippen LogP contribution in [0.4, 0.5) is 4.39 Å². The summed E-state index contributed by atoms with van der Waals surface area (Å²) in [6, 6.07) is 5.79. The molecular weight excluding hydrogens is 265 g/mol. The molecule has 0 aromatic heterocycles. The summed E-state index contributed by atoms with van der Waals surface area (Å²) >= 11 is 0. The van der Waals surface area contributed by atoms with E-state index in [0.29, 0.717) is 11.6 Å². The highest BCUT2D eigenvalue weighted by atomic mass is 19.1. The SMILES string of the molecule is CC(C)N1CCN(Cc2ccc(F)c(C#CCN)c2)CC1. The standard InChI is InChI=1S/C17H24FN3/c1-14(2)21-10-8-20(9-11-21)13-15-5-6-17(18)16(12-15)4-3-7-19/h5-6,12,14H,7-11,13,19H2,1-2H3. The molecule has 0 radical (unpaired) electrons. The first kappa shape index (κ1) is 16.0. The number of halogens is 1. The summed E-state index contributed by atoms with van der Waals surface area (Å²) < 4.78 is 13.6. The summed E-state index contributed by atoms with van der Waals surface area (Å²) in [7, 11) is 0. The lowest BCUT2D eigenvalue weighted by Gasteiger charge is -2.36. The molecule has 21 heavy (non-hydrogen) atoms. The summed E-state index contributed by atoms with van der Waals surface area (Å²) in [6.45, 7) is 9.87. The van der Waals surface area contributed by atoms with Crippen molar-refractivity contribution in [1.29, 1.82) is 0 Å². The Kier molecular flexibility index (Phi) is 5.75. The lowest BCUT2D eigenvalue weighted by molar-refractivity contribution is 0.104. The Morgan fingerprint density at radius 3 is 2.57 bits per heavy atom. The lowest BCUT2D eigenvalue weighted by atomic mass is 10.1. The molecular formula is C17H24FN3. The zero-order valence-electron chi connectivity index (χ0n) is 12.9. The van der Waals surface area contributed by atoms with E-state index in [4.69, 9.17) is 5.73 Å². The molecule has 1 fully saturated rings. The Morgan fingerprint density at radius 2 is 1.95 bits per heavy atom. The predicted molar refractivity (Wildman–Crippen MR) is 84.3 cm³/mol. The fraction of sp³-hybridized carbons (Fsp3) is 0.529. The van der Waals surface area contributed by atoms with Crippen molar-refractivity contribution in [2.75, 3.05) is 32.7 Å². The molecule has 0 amide bonds. The summed E-state index contributed by atoms with van der Waals surface area (Å²) in [5, 5.41) is 0. The van der Waals surface area contributed by atoms with E-state index in [1.54, 1.807) is 0 Å². The average molecular weight is 289 g/mol. The van der Waals surface area contributed by atoms with Crippen LogP contribution in [0.3, 0.4) is 0 Å². The van der Waals surface area contributed by atoms with Gasteiger partial charge in [-0.2, -0.15) is 0 Å². The average Bonchev–Trinajstić information content (AvgIpc) is 2.48. The van der Waals surface area contributed by atoms with Gasteiger partial charge in [-0.3, -0.25) is 9.80 Å². The minimum absolute atomic E-state index is 0.251. The molecule has 1 saturated heterocycles. The van der Waals surface area contributed by atoms with E-state index in [1.165, 1.54) is 6.07 Å². The largest absolute Gasteiger partial charge is 0.320 e. The van der Waals surface area contributed by atoms with Gasteiger partial charge in [0.25, 0.3) is 0 Å². The zero-order chi connectivity index (χ0) is 15.2. The first-order valence-electron chi connectivity index (χ1n) is 7.54. The van der Waals surface area contributed by atoms with E-state index in [9.17, 15) is 4.39 Å². The number of benzene rings is 1. The van der Waals surface area contributed by atoms with E-state index < -0.39 is 0 Å². The van der Waals surface area contributed by atoms with Crippen molar-refractivity contribution in [3.05, 3.63) is 35.1 Å². The Morgan fingerprint density at radius 1 is 1.24 bits per heavy atom. The summed E-state index contributed by atoms with van der Waals surface area (Å²) in [6.07, 6.45) is 0. The molecule has 2 N–H and O–H groups in total. The monoisotopic (exact) mass is 289 g/mol. The second kappa shape index (κ2) is 7.56. The van der Waals surface area contributed by atoms with Gasteiger partial charge in [0, 0.05) is 38.8 Å². The molecule has 3 nitrogen and oxygen atoms in total. The molecule has 0 aliphatic carbocycles. The van der Waals surface area contributed by atoms with Gasteiger partial charge >= 0.3 is 0 Å². The van der Waals surface area contributed by atoms with Gasteiger partial charge in [0.2, 0.25) is 0 Å². The van der Waals surface area contributed by atoms with Gasteiger partial charge in [-0.05, 0) is 31.5 Å². The van der Waals surface area contributed by atoms with Crippen molar-refractivity contribution in [3.63, 3.8) is 0 Å². The third-order valence-corrected chi connectivity index (χ3v) is 3.90. The quantitative estimate of drug-likeness (QED) is 0.859. The van der Waals surface area contributed by atoms with E-state index >= 15 is 0 Å². The number of nitrogens with zero attached hydrogens (tertiary/aromatic N) is 2. The summed E-state index contributed by atoms with van der Waals surface area (Å²) in [5.74, 6) is 5.23. The molecule has 1 aromatic rings. The van der Waals surface area contributed by atoms with Crippen molar-refractivity contribution < 1.29 is 4.39 Å². The molecule has 1 aliphatic rings. The van der Waals surface area contributed by atoms with Crippen molar-refractivity contribution in [3.8, 4) is 11.8 Å². The Bertz CT molecular complexity index is 523. The van der Waals surface area contributed by atoms with Crippen molar-refractivity contribution in [1.82, 2.24) is 9.80 Å². The van der Waals surface area contributed by atoms with Crippen LogP contribution in [0.2, 0.25) is 0 Å². The minimum atomic E-state index is -0.274. The number of rotatable bonds is 3. The number of piperazine rings is 1. The normalized spacial score (nSPS) is 16.8. The van der Waals surface area contributed by atoms with Crippen molar-refractivity contribution >= 4 is 0 Å². The van der Waals surface area contributed by atoms with Crippen molar-refractivity contribution in [2.24, 2.45) is 5.73 Å². The Balaban J connectivity index is 1.98. The molecule has 2 rings (SSSR count). The third kappa shape index (κ3) is 4.53. The summed E-state index contributed by atoms with van der Waals surface area (Å²) in [4.78, 5) is 4.89. The summed E-state index contributed by atoms with van der Waals surface area (Å²) in [5.41, 5.74) is 6.89. The van der Waals surface area contributed by atoms with E-state index in [-0.39, 0.29) is 12.4 Å². The van der Waals surface area contributed by atoms with Crippen LogP contribution in [0.5, 0.6) is 0 Å². The van der Waals surface area contributed by atoms with Gasteiger partial charge in [0.15, 0.2) is 0 Å². The van der Waals surface area contributed by atoms with Crippen LogP contribution >= 0.6 is 0 Å². The van der Waals surface area contributed by atoms with Crippen LogP contribution in [0, 0.1) is 17.7 Å². The lowest BCUT2D eigenvalue weighted by Crippen LogP contribution is -2.48. The third-order valence-electron chi connectivity index (χ3n) is 3.90. The first-order valence-corrected chi connectivity index (χ1v) is 7.54. The molecule has 1 heterocycles.